The van der Waals surface area contributed by atoms with E-state index in [4.69, 9.17) is 9.84 Å². The Hall–Kier alpha value is -2.82. The molecule has 2 aromatic carbocycles. The first kappa shape index (κ1) is 19.5. The number of ether oxygens (including phenoxy) is 1. The van der Waals surface area contributed by atoms with Crippen molar-refractivity contribution >= 4 is 12.1 Å². The van der Waals surface area contributed by atoms with Gasteiger partial charge >= 0.3 is 12.1 Å². The Balaban J connectivity index is 2.04. The van der Waals surface area contributed by atoms with Gasteiger partial charge in [0, 0.05) is 0 Å². The van der Waals surface area contributed by atoms with Gasteiger partial charge in [0.1, 0.15) is 6.61 Å². The molecule has 0 radical (unpaired) electrons. The number of carbonyl (C=O) groups excluding carboxylic acids is 1. The molecule has 2 aromatic rings. The lowest BCUT2D eigenvalue weighted by Gasteiger charge is -2.21. The lowest BCUT2D eigenvalue weighted by atomic mass is 9.86. The number of amides is 1. The van der Waals surface area contributed by atoms with Crippen LogP contribution in [-0.2, 0) is 21.6 Å². The molecule has 0 aromatic heterocycles. The minimum absolute atomic E-state index is 0.00284. The average Bonchev–Trinajstić information content (AvgIpc) is 2.59. The Morgan fingerprint density at radius 1 is 1.04 bits per heavy atom. The Morgan fingerprint density at radius 2 is 1.65 bits per heavy atom. The second-order valence-corrected chi connectivity index (χ2v) is 7.23. The van der Waals surface area contributed by atoms with Crippen LogP contribution >= 0.6 is 0 Å². The highest BCUT2D eigenvalue weighted by molar-refractivity contribution is 5.72. The van der Waals surface area contributed by atoms with Crippen molar-refractivity contribution in [2.75, 3.05) is 0 Å². The predicted molar refractivity (Wildman–Crippen MR) is 99.9 cm³/mol. The van der Waals surface area contributed by atoms with Gasteiger partial charge in [-0.2, -0.15) is 0 Å². The maximum Gasteiger partial charge on any atom is 0.407 e. The normalized spacial score (nSPS) is 12.3. The summed E-state index contributed by atoms with van der Waals surface area (Å²) in [7, 11) is 0. The summed E-state index contributed by atoms with van der Waals surface area (Å²) in [5, 5.41) is 11.8. The third-order valence-electron chi connectivity index (χ3n) is 4.06. The minimum atomic E-state index is -0.988. The quantitative estimate of drug-likeness (QED) is 0.804. The molecule has 2 rings (SSSR count). The van der Waals surface area contributed by atoms with Crippen molar-refractivity contribution in [3.05, 3.63) is 71.3 Å². The molecular formula is C21H25NO4. The second-order valence-electron chi connectivity index (χ2n) is 7.23. The Bertz CT molecular complexity index is 733. The summed E-state index contributed by atoms with van der Waals surface area (Å²) >= 11 is 0. The first-order valence-electron chi connectivity index (χ1n) is 8.55. The van der Waals surface area contributed by atoms with Crippen LogP contribution < -0.4 is 5.32 Å². The zero-order chi connectivity index (χ0) is 19.2. The van der Waals surface area contributed by atoms with Crippen LogP contribution in [0.1, 0.15) is 49.9 Å². The molecule has 0 spiro atoms. The summed E-state index contributed by atoms with van der Waals surface area (Å²) in [6.07, 6.45) is -0.852. The highest BCUT2D eigenvalue weighted by atomic mass is 16.5. The largest absolute Gasteiger partial charge is 0.481 e. The van der Waals surface area contributed by atoms with E-state index in [2.05, 4.69) is 26.1 Å². The molecule has 0 heterocycles. The number of hydrogen-bond acceptors (Lipinski definition) is 3. The number of hydrogen-bond donors (Lipinski definition) is 2. The average molecular weight is 355 g/mol. The molecule has 2 N–H and O–H groups in total. The molecule has 5 nitrogen and oxygen atoms in total. The summed E-state index contributed by atoms with van der Waals surface area (Å²) in [6, 6.07) is 16.3. The summed E-state index contributed by atoms with van der Waals surface area (Å²) in [6.45, 7) is 6.46. The molecular weight excluding hydrogens is 330 g/mol. The van der Waals surface area contributed by atoms with E-state index < -0.39 is 18.1 Å². The maximum atomic E-state index is 12.1. The van der Waals surface area contributed by atoms with Crippen LogP contribution in [0.15, 0.2) is 54.6 Å². The van der Waals surface area contributed by atoms with Crippen molar-refractivity contribution < 1.29 is 19.4 Å². The summed E-state index contributed by atoms with van der Waals surface area (Å²) in [5.74, 6) is -0.988. The number of carboxylic acid groups (broad SMARTS) is 1. The highest BCUT2D eigenvalue weighted by Crippen LogP contribution is 2.25. The van der Waals surface area contributed by atoms with E-state index >= 15 is 0 Å². The summed E-state index contributed by atoms with van der Waals surface area (Å²) < 4.78 is 5.20. The molecule has 1 atom stereocenters. The van der Waals surface area contributed by atoms with Crippen molar-refractivity contribution in [2.24, 2.45) is 0 Å². The minimum Gasteiger partial charge on any atom is -0.481 e. The number of carbonyl (C=O) groups is 2. The van der Waals surface area contributed by atoms with E-state index in [0.717, 1.165) is 16.7 Å². The van der Waals surface area contributed by atoms with Crippen LogP contribution in [0.3, 0.4) is 0 Å². The zero-order valence-electron chi connectivity index (χ0n) is 15.4. The van der Waals surface area contributed by atoms with Gasteiger partial charge in [0.2, 0.25) is 0 Å². The molecule has 26 heavy (non-hydrogen) atoms. The first-order chi connectivity index (χ1) is 12.3. The van der Waals surface area contributed by atoms with Crippen LogP contribution in [0.2, 0.25) is 0 Å². The van der Waals surface area contributed by atoms with Gasteiger partial charge in [-0.05, 0) is 22.1 Å². The highest BCUT2D eigenvalue weighted by Gasteiger charge is 2.20. The van der Waals surface area contributed by atoms with Crippen LogP contribution in [-0.4, -0.2) is 17.2 Å². The number of carboxylic acids is 1. The molecule has 0 unspecified atom stereocenters. The van der Waals surface area contributed by atoms with Gasteiger partial charge in [0.15, 0.2) is 0 Å². The molecule has 0 fully saturated rings. The van der Waals surface area contributed by atoms with Gasteiger partial charge in [-0.15, -0.1) is 0 Å². The topological polar surface area (TPSA) is 75.6 Å². The van der Waals surface area contributed by atoms with Crippen molar-refractivity contribution in [1.29, 1.82) is 0 Å². The Morgan fingerprint density at radius 3 is 2.19 bits per heavy atom. The van der Waals surface area contributed by atoms with E-state index in [1.807, 2.05) is 54.6 Å². The second kappa shape index (κ2) is 8.52. The fourth-order valence-corrected chi connectivity index (χ4v) is 2.55. The van der Waals surface area contributed by atoms with Crippen LogP contribution in [0.25, 0.3) is 0 Å². The molecule has 1 amide bonds. The molecule has 0 bridgehead atoms. The molecule has 0 aliphatic rings. The number of benzene rings is 2. The smallest absolute Gasteiger partial charge is 0.407 e. The number of rotatable bonds is 6. The fourth-order valence-electron chi connectivity index (χ4n) is 2.55. The van der Waals surface area contributed by atoms with E-state index in [-0.39, 0.29) is 18.4 Å². The Labute approximate surface area is 154 Å². The SMILES string of the molecule is CC(C)(C)c1ccc([C@H](CC(=O)O)NC(=O)OCc2ccccc2)cc1. The van der Waals surface area contributed by atoms with E-state index in [1.54, 1.807) is 0 Å². The van der Waals surface area contributed by atoms with Crippen molar-refractivity contribution in [1.82, 2.24) is 5.32 Å². The molecule has 138 valence electrons. The molecule has 0 saturated heterocycles. The lowest BCUT2D eigenvalue weighted by Crippen LogP contribution is -2.30. The fraction of sp³-hybridized carbons (Fsp3) is 0.333. The van der Waals surface area contributed by atoms with E-state index in [9.17, 15) is 9.59 Å². The van der Waals surface area contributed by atoms with Gasteiger partial charge in [0.05, 0.1) is 12.5 Å². The maximum absolute atomic E-state index is 12.1. The third-order valence-corrected chi connectivity index (χ3v) is 4.06. The number of nitrogens with one attached hydrogen (secondary N) is 1. The van der Waals surface area contributed by atoms with E-state index in [1.165, 1.54) is 0 Å². The summed E-state index contributed by atoms with van der Waals surface area (Å²) in [4.78, 5) is 23.3. The zero-order valence-corrected chi connectivity index (χ0v) is 15.4. The number of alkyl carbamates (subject to hydrolysis) is 1. The Kier molecular flexibility index (Phi) is 6.39. The summed E-state index contributed by atoms with van der Waals surface area (Å²) in [5.41, 5.74) is 2.74. The molecule has 0 aliphatic carbocycles. The lowest BCUT2D eigenvalue weighted by molar-refractivity contribution is -0.137. The van der Waals surface area contributed by atoms with Gasteiger partial charge in [-0.25, -0.2) is 4.79 Å². The van der Waals surface area contributed by atoms with Crippen LogP contribution in [0, 0.1) is 0 Å². The van der Waals surface area contributed by atoms with E-state index in [0.29, 0.717) is 0 Å². The predicted octanol–water partition coefficient (Wildman–Crippen LogP) is 4.43. The monoisotopic (exact) mass is 355 g/mol. The molecule has 0 aliphatic heterocycles. The van der Waals surface area contributed by atoms with Gasteiger partial charge in [0.25, 0.3) is 0 Å². The molecule has 5 heteroatoms. The van der Waals surface area contributed by atoms with Crippen molar-refractivity contribution in [3.63, 3.8) is 0 Å². The van der Waals surface area contributed by atoms with Gasteiger partial charge in [-0.3, -0.25) is 4.79 Å². The van der Waals surface area contributed by atoms with Crippen molar-refractivity contribution in [3.8, 4) is 0 Å². The van der Waals surface area contributed by atoms with Crippen LogP contribution in [0.4, 0.5) is 4.79 Å². The van der Waals surface area contributed by atoms with Gasteiger partial charge < -0.3 is 15.2 Å². The standard InChI is InChI=1S/C21H25NO4/c1-21(2,3)17-11-9-16(10-12-17)18(13-19(23)24)22-20(25)26-14-15-7-5-4-6-8-15/h4-12,18H,13-14H2,1-3H3,(H,22,25)(H,23,24)/t18-/m0/s1. The first-order valence-corrected chi connectivity index (χ1v) is 8.55. The van der Waals surface area contributed by atoms with Crippen molar-refractivity contribution in [2.45, 2.75) is 45.3 Å². The third kappa shape index (κ3) is 5.92. The van der Waals surface area contributed by atoms with Crippen LogP contribution in [0.5, 0.6) is 0 Å². The van der Waals surface area contributed by atoms with Gasteiger partial charge in [-0.1, -0.05) is 75.4 Å². The molecule has 0 saturated carbocycles. The number of aliphatic carboxylic acids is 1.